The van der Waals surface area contributed by atoms with Crippen molar-refractivity contribution in [1.82, 2.24) is 0 Å². The van der Waals surface area contributed by atoms with E-state index >= 15 is 0 Å². The molecular weight excluding hydrogens is 296 g/mol. The molecular formula is C14H15BrO3. The van der Waals surface area contributed by atoms with Gasteiger partial charge in [0.15, 0.2) is 5.78 Å². The van der Waals surface area contributed by atoms with Crippen molar-refractivity contribution in [3.05, 3.63) is 28.2 Å². The maximum atomic E-state index is 12.1. The molecule has 18 heavy (non-hydrogen) atoms. The predicted molar refractivity (Wildman–Crippen MR) is 71.0 cm³/mol. The molecule has 1 saturated heterocycles. The minimum Gasteiger partial charge on any atom is -0.489 e. The molecule has 0 spiro atoms. The summed E-state index contributed by atoms with van der Waals surface area (Å²) in [6.07, 6.45) is 2.49. The Labute approximate surface area is 115 Å². The lowest BCUT2D eigenvalue weighted by molar-refractivity contribution is 0.0119. The number of carbonyl (C=O) groups excluding carboxylic acids is 1. The Bertz CT molecular complexity index is 466. The molecule has 0 bridgehead atoms. The minimum atomic E-state index is 0.0169. The molecule has 1 aromatic carbocycles. The van der Waals surface area contributed by atoms with Gasteiger partial charge < -0.3 is 9.47 Å². The van der Waals surface area contributed by atoms with Crippen LogP contribution in [-0.4, -0.2) is 25.1 Å². The number of hydrogen-bond donors (Lipinski definition) is 0. The van der Waals surface area contributed by atoms with E-state index in [4.69, 9.17) is 9.47 Å². The third-order valence-corrected chi connectivity index (χ3v) is 4.19. The number of Topliss-reactive ketones (excluding diaryl/α,β-unsaturated/α-hetero) is 1. The summed E-state index contributed by atoms with van der Waals surface area (Å²) in [6.45, 7) is 1.56. The molecule has 2 aliphatic heterocycles. The Hall–Kier alpha value is -0.870. The van der Waals surface area contributed by atoms with Gasteiger partial charge >= 0.3 is 0 Å². The van der Waals surface area contributed by atoms with E-state index in [1.165, 1.54) is 0 Å². The number of ketones is 1. The van der Waals surface area contributed by atoms with E-state index in [-0.39, 0.29) is 11.9 Å². The first-order chi connectivity index (χ1) is 8.74. The third kappa shape index (κ3) is 2.31. The summed E-state index contributed by atoms with van der Waals surface area (Å²) >= 11 is 3.41. The molecule has 0 N–H and O–H groups in total. The summed E-state index contributed by atoms with van der Waals surface area (Å²) in [4.78, 5) is 12.1. The van der Waals surface area contributed by atoms with Crippen LogP contribution in [0.4, 0.5) is 0 Å². The Morgan fingerprint density at radius 2 is 2.00 bits per heavy atom. The highest BCUT2D eigenvalue weighted by Gasteiger charge is 2.33. The van der Waals surface area contributed by atoms with E-state index in [9.17, 15) is 4.79 Å². The average molecular weight is 311 g/mol. The molecule has 3 nitrogen and oxygen atoms in total. The van der Waals surface area contributed by atoms with Crippen LogP contribution in [0.3, 0.4) is 0 Å². The molecule has 1 atom stereocenters. The Balaban J connectivity index is 1.83. The van der Waals surface area contributed by atoms with Crippen LogP contribution in [0, 0.1) is 5.92 Å². The highest BCUT2D eigenvalue weighted by Crippen LogP contribution is 2.34. The van der Waals surface area contributed by atoms with Crippen LogP contribution in [0.1, 0.15) is 29.6 Å². The first-order valence-electron chi connectivity index (χ1n) is 6.31. The summed E-state index contributed by atoms with van der Waals surface area (Å²) in [5.41, 5.74) is 0.710. The van der Waals surface area contributed by atoms with Gasteiger partial charge in [-0.1, -0.05) is 15.9 Å². The highest BCUT2D eigenvalue weighted by atomic mass is 79.9. The number of halogens is 1. The summed E-state index contributed by atoms with van der Waals surface area (Å²) < 4.78 is 12.3. The smallest absolute Gasteiger partial charge is 0.170 e. The molecule has 2 heterocycles. The molecule has 96 valence electrons. The second-order valence-electron chi connectivity index (χ2n) is 4.87. The Morgan fingerprint density at radius 3 is 2.78 bits per heavy atom. The van der Waals surface area contributed by atoms with Gasteiger partial charge in [-0.25, -0.2) is 0 Å². The zero-order valence-electron chi connectivity index (χ0n) is 10.0. The maximum Gasteiger partial charge on any atom is 0.170 e. The zero-order chi connectivity index (χ0) is 12.5. The van der Waals surface area contributed by atoms with Gasteiger partial charge in [0.1, 0.15) is 11.9 Å². The molecule has 4 heteroatoms. The average Bonchev–Trinajstić information content (AvgIpc) is 2.39. The lowest BCUT2D eigenvalue weighted by Crippen LogP contribution is -2.36. The van der Waals surface area contributed by atoms with Gasteiger partial charge in [-0.15, -0.1) is 0 Å². The molecule has 0 radical (unpaired) electrons. The number of ether oxygens (including phenoxy) is 2. The molecule has 1 unspecified atom stereocenters. The fourth-order valence-corrected chi connectivity index (χ4v) is 3.01. The Morgan fingerprint density at radius 1 is 1.22 bits per heavy atom. The van der Waals surface area contributed by atoms with Crippen LogP contribution in [0.25, 0.3) is 0 Å². The van der Waals surface area contributed by atoms with Crippen LogP contribution in [0.2, 0.25) is 0 Å². The van der Waals surface area contributed by atoms with Gasteiger partial charge in [-0.05, 0) is 31.0 Å². The van der Waals surface area contributed by atoms with Crippen molar-refractivity contribution in [2.45, 2.75) is 25.4 Å². The molecule has 1 fully saturated rings. The zero-order valence-corrected chi connectivity index (χ0v) is 11.6. The van der Waals surface area contributed by atoms with E-state index < -0.39 is 0 Å². The van der Waals surface area contributed by atoms with Gasteiger partial charge in [-0.3, -0.25) is 4.79 Å². The van der Waals surface area contributed by atoms with Gasteiger partial charge in [0.05, 0.1) is 5.56 Å². The number of benzene rings is 1. The third-order valence-electron chi connectivity index (χ3n) is 3.70. The first kappa shape index (κ1) is 12.2. The van der Waals surface area contributed by atoms with Gasteiger partial charge in [0, 0.05) is 30.0 Å². The molecule has 0 aromatic heterocycles. The number of carbonyl (C=O) groups is 1. The second kappa shape index (κ2) is 5.02. The topological polar surface area (TPSA) is 35.5 Å². The SMILES string of the molecule is O=C1CC(C2CCOCC2)Oc2cc(Br)ccc21. The summed E-state index contributed by atoms with van der Waals surface area (Å²) in [6, 6.07) is 5.61. The van der Waals surface area contributed by atoms with E-state index in [2.05, 4.69) is 15.9 Å². The number of hydrogen-bond acceptors (Lipinski definition) is 3. The predicted octanol–water partition coefficient (Wildman–Crippen LogP) is 3.21. The van der Waals surface area contributed by atoms with Crippen molar-refractivity contribution in [1.29, 1.82) is 0 Å². The highest BCUT2D eigenvalue weighted by molar-refractivity contribution is 9.10. The fourth-order valence-electron chi connectivity index (χ4n) is 2.67. The lowest BCUT2D eigenvalue weighted by Gasteiger charge is -2.33. The van der Waals surface area contributed by atoms with Gasteiger partial charge in [0.2, 0.25) is 0 Å². The van der Waals surface area contributed by atoms with Crippen LogP contribution in [-0.2, 0) is 4.74 Å². The van der Waals surface area contributed by atoms with Crippen molar-refractivity contribution >= 4 is 21.7 Å². The fraction of sp³-hybridized carbons (Fsp3) is 0.500. The quantitative estimate of drug-likeness (QED) is 0.799. The Kier molecular flexibility index (Phi) is 3.39. The van der Waals surface area contributed by atoms with Crippen molar-refractivity contribution in [3.63, 3.8) is 0 Å². The van der Waals surface area contributed by atoms with E-state index in [0.29, 0.717) is 17.9 Å². The largest absolute Gasteiger partial charge is 0.489 e. The normalized spacial score (nSPS) is 24.5. The van der Waals surface area contributed by atoms with E-state index in [1.54, 1.807) is 0 Å². The second-order valence-corrected chi connectivity index (χ2v) is 5.79. The first-order valence-corrected chi connectivity index (χ1v) is 7.10. The maximum absolute atomic E-state index is 12.1. The molecule has 0 aliphatic carbocycles. The molecule has 0 saturated carbocycles. The molecule has 3 rings (SSSR count). The van der Waals surface area contributed by atoms with Gasteiger partial charge in [-0.2, -0.15) is 0 Å². The van der Waals surface area contributed by atoms with Crippen molar-refractivity contribution in [3.8, 4) is 5.75 Å². The summed E-state index contributed by atoms with van der Waals surface area (Å²) in [5, 5.41) is 0. The minimum absolute atomic E-state index is 0.0169. The van der Waals surface area contributed by atoms with Crippen molar-refractivity contribution in [2.75, 3.05) is 13.2 Å². The summed E-state index contributed by atoms with van der Waals surface area (Å²) in [7, 11) is 0. The van der Waals surface area contributed by atoms with Crippen molar-refractivity contribution in [2.24, 2.45) is 5.92 Å². The van der Waals surface area contributed by atoms with Crippen LogP contribution < -0.4 is 4.74 Å². The van der Waals surface area contributed by atoms with Crippen LogP contribution in [0.5, 0.6) is 5.75 Å². The summed E-state index contributed by atoms with van der Waals surface area (Å²) in [5.74, 6) is 1.35. The lowest BCUT2D eigenvalue weighted by atomic mass is 9.87. The van der Waals surface area contributed by atoms with Crippen LogP contribution >= 0.6 is 15.9 Å². The van der Waals surface area contributed by atoms with Crippen molar-refractivity contribution < 1.29 is 14.3 Å². The molecule has 0 amide bonds. The molecule has 1 aromatic rings. The van der Waals surface area contributed by atoms with E-state index in [1.807, 2.05) is 18.2 Å². The van der Waals surface area contributed by atoms with Gasteiger partial charge in [0.25, 0.3) is 0 Å². The van der Waals surface area contributed by atoms with E-state index in [0.717, 1.165) is 36.3 Å². The monoisotopic (exact) mass is 310 g/mol. The number of rotatable bonds is 1. The van der Waals surface area contributed by atoms with Crippen LogP contribution in [0.15, 0.2) is 22.7 Å². The molecule has 2 aliphatic rings. The standard InChI is InChI=1S/C14H15BrO3/c15-10-1-2-11-12(16)8-13(18-14(11)7-10)9-3-5-17-6-4-9/h1-2,7,9,13H,3-6,8H2. The number of fused-ring (bicyclic) bond motifs is 1.